The van der Waals surface area contributed by atoms with Gasteiger partial charge >= 0.3 is 17.9 Å². The molecule has 0 aliphatic carbocycles. The summed E-state index contributed by atoms with van der Waals surface area (Å²) < 4.78 is 1.89. The van der Waals surface area contributed by atoms with E-state index < -0.39 is 36.4 Å². The molecule has 144 valence electrons. The van der Waals surface area contributed by atoms with Crippen LogP contribution in [-0.4, -0.2) is 61.4 Å². The molecule has 1 aromatic rings. The molecule has 0 bridgehead atoms. The number of fused-ring (bicyclic) bond motifs is 1. The van der Waals surface area contributed by atoms with Crippen LogP contribution in [-0.2, 0) is 20.8 Å². The van der Waals surface area contributed by atoms with E-state index in [0.717, 1.165) is 19.5 Å². The van der Waals surface area contributed by atoms with E-state index in [1.54, 1.807) is 0 Å². The minimum Gasteiger partial charge on any atom is -0.481 e. The molecule has 0 radical (unpaired) electrons. The quantitative estimate of drug-likeness (QED) is 0.559. The maximum atomic E-state index is 10.3. The van der Waals surface area contributed by atoms with Gasteiger partial charge in [-0.15, -0.1) is 0 Å². The van der Waals surface area contributed by atoms with Gasteiger partial charge in [0.25, 0.3) is 0 Å². The normalized spacial score (nSPS) is 17.3. The van der Waals surface area contributed by atoms with Gasteiger partial charge in [0.1, 0.15) is 0 Å². The van der Waals surface area contributed by atoms with Crippen molar-refractivity contribution in [1.29, 1.82) is 0 Å². The number of aliphatic carboxylic acids is 3. The van der Waals surface area contributed by atoms with Crippen LogP contribution < -0.4 is 0 Å². The Morgan fingerprint density at radius 1 is 1.15 bits per heavy atom. The number of rotatable bonds is 5. The Morgan fingerprint density at radius 3 is 2.19 bits per heavy atom. The van der Waals surface area contributed by atoms with Crippen molar-refractivity contribution in [3.63, 3.8) is 0 Å². The lowest BCUT2D eigenvalue weighted by molar-refractivity contribution is -0.170. The van der Waals surface area contributed by atoms with E-state index in [-0.39, 0.29) is 0 Å². The van der Waals surface area contributed by atoms with E-state index in [0.29, 0.717) is 5.92 Å². The van der Waals surface area contributed by atoms with Crippen molar-refractivity contribution >= 4 is 29.7 Å². The Labute approximate surface area is 155 Å². The van der Waals surface area contributed by atoms with Crippen molar-refractivity contribution in [3.8, 4) is 0 Å². The summed E-state index contributed by atoms with van der Waals surface area (Å²) in [5.41, 5.74) is 0.182. The van der Waals surface area contributed by atoms with Crippen LogP contribution >= 0.6 is 11.8 Å². The molecule has 1 heterocycles. The lowest BCUT2D eigenvalue weighted by Gasteiger charge is -2.18. The predicted octanol–water partition coefficient (Wildman–Crippen LogP) is 1.55. The molecule has 1 aliphatic rings. The number of carboxylic acids is 3. The first-order chi connectivity index (χ1) is 12.0. The molecule has 4 N–H and O–H groups in total. The molecule has 26 heavy (non-hydrogen) atoms. The van der Waals surface area contributed by atoms with Gasteiger partial charge in [-0.25, -0.2) is 9.21 Å². The number of carbonyl (C=O) groups is 3. The van der Waals surface area contributed by atoms with Gasteiger partial charge in [-0.2, -0.15) is 0 Å². The van der Waals surface area contributed by atoms with Crippen LogP contribution in [0.25, 0.3) is 0 Å². The number of halogens is 1. The average Bonchev–Trinajstić information content (AvgIpc) is 2.65. The highest BCUT2D eigenvalue weighted by atomic mass is 35.5. The Bertz CT molecular complexity index is 648. The number of benzene rings is 1. The highest BCUT2D eigenvalue weighted by molar-refractivity contribution is 6.13. The van der Waals surface area contributed by atoms with Gasteiger partial charge in [-0.1, -0.05) is 31.2 Å². The van der Waals surface area contributed by atoms with E-state index in [1.807, 2.05) is 4.42 Å². The number of hydrogen-bond acceptors (Lipinski definition) is 5. The minimum atomic E-state index is -2.74. The summed E-state index contributed by atoms with van der Waals surface area (Å²) in [6.07, 6.45) is -1.22. The average molecular weight is 388 g/mol. The molecular formula is C17H22ClNO7. The molecule has 0 saturated heterocycles. The predicted molar refractivity (Wildman–Crippen MR) is 93.1 cm³/mol. The Balaban J connectivity index is 0.000000260. The third kappa shape index (κ3) is 6.62. The Kier molecular flexibility index (Phi) is 8.01. The van der Waals surface area contributed by atoms with E-state index in [9.17, 15) is 14.4 Å². The molecule has 0 amide bonds. The monoisotopic (exact) mass is 387 g/mol. The van der Waals surface area contributed by atoms with Gasteiger partial charge in [0, 0.05) is 13.1 Å². The summed E-state index contributed by atoms with van der Waals surface area (Å²) in [6, 6.07) is 8.65. The highest BCUT2D eigenvalue weighted by Crippen LogP contribution is 2.25. The SMILES string of the molecule is CC1CN(Cl)CCc2ccccc21.O=C(O)CC(O)(CC(=O)O)C(=O)O. The summed E-state index contributed by atoms with van der Waals surface area (Å²) >= 11 is 6.04. The highest BCUT2D eigenvalue weighted by Gasteiger charge is 2.40. The van der Waals surface area contributed by atoms with Crippen molar-refractivity contribution in [2.24, 2.45) is 0 Å². The molecule has 1 atom stereocenters. The van der Waals surface area contributed by atoms with E-state index >= 15 is 0 Å². The number of nitrogens with zero attached hydrogens (tertiary/aromatic N) is 1. The third-order valence-electron chi connectivity index (χ3n) is 3.97. The molecule has 0 fully saturated rings. The fraction of sp³-hybridized carbons (Fsp3) is 0.471. The summed E-state index contributed by atoms with van der Waals surface area (Å²) in [5.74, 6) is -4.47. The van der Waals surface area contributed by atoms with Crippen molar-refractivity contribution in [2.45, 2.75) is 37.7 Å². The van der Waals surface area contributed by atoms with Crippen molar-refractivity contribution in [3.05, 3.63) is 35.4 Å². The van der Waals surface area contributed by atoms with Crippen LogP contribution in [0.5, 0.6) is 0 Å². The zero-order valence-electron chi connectivity index (χ0n) is 14.3. The molecule has 0 saturated carbocycles. The number of hydrogen-bond donors (Lipinski definition) is 4. The molecular weight excluding hydrogens is 366 g/mol. The number of aliphatic hydroxyl groups is 1. The van der Waals surface area contributed by atoms with E-state index in [2.05, 4.69) is 31.2 Å². The second-order valence-electron chi connectivity index (χ2n) is 6.20. The van der Waals surface area contributed by atoms with Gasteiger partial charge in [0.05, 0.1) is 12.8 Å². The standard InChI is InChI=1S/C11H14ClN.C6H8O7/c1-9-8-13(12)7-6-10-4-2-3-5-11(9)10;7-3(8)1-6(13,5(11)12)2-4(9)10/h2-5,9H,6-8H2,1H3;13H,1-2H2,(H,7,8)(H,9,10)(H,11,12). The molecule has 1 aliphatic heterocycles. The van der Waals surface area contributed by atoms with Crippen LogP contribution in [0.4, 0.5) is 0 Å². The zero-order valence-corrected chi connectivity index (χ0v) is 15.0. The van der Waals surface area contributed by atoms with Crippen LogP contribution in [0.15, 0.2) is 24.3 Å². The smallest absolute Gasteiger partial charge is 0.336 e. The lowest BCUT2D eigenvalue weighted by Crippen LogP contribution is -2.42. The second-order valence-corrected chi connectivity index (χ2v) is 6.67. The molecule has 0 aromatic heterocycles. The molecule has 1 unspecified atom stereocenters. The molecule has 8 nitrogen and oxygen atoms in total. The van der Waals surface area contributed by atoms with Crippen molar-refractivity contribution in [1.82, 2.24) is 4.42 Å². The first kappa shape index (κ1) is 21.9. The van der Waals surface area contributed by atoms with Crippen molar-refractivity contribution < 1.29 is 34.8 Å². The fourth-order valence-electron chi connectivity index (χ4n) is 2.69. The maximum Gasteiger partial charge on any atom is 0.336 e. The molecule has 2 rings (SSSR count). The van der Waals surface area contributed by atoms with Gasteiger partial charge < -0.3 is 20.4 Å². The van der Waals surface area contributed by atoms with Gasteiger partial charge in [-0.3, -0.25) is 9.59 Å². The summed E-state index contributed by atoms with van der Waals surface area (Å²) in [7, 11) is 0. The zero-order chi connectivity index (χ0) is 19.9. The first-order valence-corrected chi connectivity index (χ1v) is 8.27. The molecule has 0 spiro atoms. The third-order valence-corrected chi connectivity index (χ3v) is 4.27. The van der Waals surface area contributed by atoms with Crippen LogP contribution in [0, 0.1) is 0 Å². The number of carboxylic acid groups (broad SMARTS) is 3. The van der Waals surface area contributed by atoms with E-state index in [4.69, 9.17) is 32.2 Å². The molecule has 9 heteroatoms. The fourth-order valence-corrected chi connectivity index (χ4v) is 2.98. The lowest BCUT2D eigenvalue weighted by atomic mass is 9.96. The summed E-state index contributed by atoms with van der Waals surface area (Å²) in [5, 5.41) is 33.8. The largest absolute Gasteiger partial charge is 0.481 e. The van der Waals surface area contributed by atoms with Gasteiger partial charge in [0.15, 0.2) is 5.60 Å². The van der Waals surface area contributed by atoms with Gasteiger partial charge in [-0.05, 0) is 35.2 Å². The van der Waals surface area contributed by atoms with Crippen LogP contribution in [0.1, 0.15) is 36.8 Å². The Hall–Kier alpha value is -2.16. The Morgan fingerprint density at radius 2 is 1.69 bits per heavy atom. The van der Waals surface area contributed by atoms with Crippen molar-refractivity contribution in [2.75, 3.05) is 13.1 Å². The topological polar surface area (TPSA) is 135 Å². The summed E-state index contributed by atoms with van der Waals surface area (Å²) in [6.45, 7) is 4.15. The maximum absolute atomic E-state index is 10.3. The summed E-state index contributed by atoms with van der Waals surface area (Å²) in [4.78, 5) is 30.5. The van der Waals surface area contributed by atoms with E-state index in [1.165, 1.54) is 11.1 Å². The molecule has 1 aromatic carbocycles. The van der Waals surface area contributed by atoms with Gasteiger partial charge in [0.2, 0.25) is 0 Å². The minimum absolute atomic E-state index is 0.552. The van der Waals surface area contributed by atoms with Crippen LogP contribution in [0.3, 0.4) is 0 Å². The van der Waals surface area contributed by atoms with Crippen LogP contribution in [0.2, 0.25) is 0 Å². The first-order valence-electron chi connectivity index (χ1n) is 7.93. The second kappa shape index (κ2) is 9.51.